The summed E-state index contributed by atoms with van der Waals surface area (Å²) in [5.74, 6) is -0.0437. The smallest absolute Gasteiger partial charge is 0.253 e. The van der Waals surface area contributed by atoms with Gasteiger partial charge in [-0.05, 0) is 67.5 Å². The summed E-state index contributed by atoms with van der Waals surface area (Å²) in [6.45, 7) is 10.3. The molecule has 1 aliphatic rings. The number of hydrogen-bond acceptors (Lipinski definition) is 5. The second kappa shape index (κ2) is 12.5. The number of anilines is 1. The van der Waals surface area contributed by atoms with Crippen molar-refractivity contribution in [3.05, 3.63) is 89.5 Å². The van der Waals surface area contributed by atoms with Crippen molar-refractivity contribution in [2.75, 3.05) is 45.2 Å². The van der Waals surface area contributed by atoms with Crippen LogP contribution in [0.25, 0.3) is 0 Å². The van der Waals surface area contributed by atoms with Crippen LogP contribution in [0.2, 0.25) is 0 Å². The third kappa shape index (κ3) is 6.11. The van der Waals surface area contributed by atoms with Crippen LogP contribution in [0.15, 0.2) is 77.8 Å². The van der Waals surface area contributed by atoms with Crippen LogP contribution in [-0.2, 0) is 4.79 Å². The highest BCUT2D eigenvalue weighted by molar-refractivity contribution is 6.24. The van der Waals surface area contributed by atoms with E-state index in [0.717, 1.165) is 42.2 Å². The van der Waals surface area contributed by atoms with Crippen molar-refractivity contribution in [3.8, 4) is 5.75 Å². The number of amides is 2. The number of rotatable bonds is 11. The summed E-state index contributed by atoms with van der Waals surface area (Å²) in [7, 11) is 1.76. The molecule has 0 saturated carbocycles. The number of carbonyl (C=O) groups is 2. The minimum Gasteiger partial charge on any atom is -0.492 e. The van der Waals surface area contributed by atoms with Gasteiger partial charge in [0.15, 0.2) is 0 Å². The van der Waals surface area contributed by atoms with Gasteiger partial charge in [-0.3, -0.25) is 14.6 Å². The molecule has 0 fully saturated rings. The van der Waals surface area contributed by atoms with Gasteiger partial charge in [0.1, 0.15) is 18.3 Å². The summed E-state index contributed by atoms with van der Waals surface area (Å²) in [4.78, 5) is 34.9. The Morgan fingerprint density at radius 3 is 2.29 bits per heavy atom. The molecule has 1 heterocycles. The number of nitrogens with one attached hydrogen (secondary N) is 1. The molecule has 0 aromatic heterocycles. The Morgan fingerprint density at radius 1 is 0.921 bits per heavy atom. The molecule has 1 atom stereocenters. The molecule has 4 rings (SSSR count). The Hall–Kier alpha value is -3.97. The number of aliphatic imine (C=N–C) groups is 1. The summed E-state index contributed by atoms with van der Waals surface area (Å²) in [6, 6.07) is 22.8. The van der Waals surface area contributed by atoms with Gasteiger partial charge in [-0.1, -0.05) is 50.2 Å². The van der Waals surface area contributed by atoms with Crippen LogP contribution in [0.3, 0.4) is 0 Å². The molecule has 198 valence electrons. The molecule has 7 nitrogen and oxygen atoms in total. The fraction of sp³-hybridized carbons (Fsp3) is 0.323. The van der Waals surface area contributed by atoms with Crippen LogP contribution >= 0.6 is 0 Å². The first-order valence-corrected chi connectivity index (χ1v) is 13.2. The van der Waals surface area contributed by atoms with E-state index in [2.05, 4.69) is 24.1 Å². The van der Waals surface area contributed by atoms with Crippen molar-refractivity contribution >= 4 is 28.9 Å². The van der Waals surface area contributed by atoms with Crippen LogP contribution in [-0.4, -0.2) is 67.2 Å². The summed E-state index contributed by atoms with van der Waals surface area (Å²) in [6.07, 6.45) is 0. The maximum Gasteiger partial charge on any atom is 0.253 e. The van der Waals surface area contributed by atoms with Crippen LogP contribution < -0.4 is 10.1 Å². The molecule has 0 bridgehead atoms. The molecule has 38 heavy (non-hydrogen) atoms. The molecular formula is C31H36N4O3. The van der Waals surface area contributed by atoms with Crippen LogP contribution in [0.5, 0.6) is 5.75 Å². The van der Waals surface area contributed by atoms with Crippen LogP contribution in [0.1, 0.15) is 48.2 Å². The highest BCUT2D eigenvalue weighted by Gasteiger charge is 2.36. The Kier molecular flexibility index (Phi) is 8.92. The highest BCUT2D eigenvalue weighted by atomic mass is 16.5. The standard InChI is InChI=1S/C31H36N4O3/c1-5-34(4)31(37)23-13-18-26-27(21-23)33-30(36)28(26)29(22-11-9-8-10-12-22)32-24-14-16-25(17-15-24)38-20-19-35(6-2)7-3/h8-18,21,28H,5-7,19-20H2,1-4H3,(H,33,36). The molecular weight excluding hydrogens is 476 g/mol. The van der Waals surface area contributed by atoms with Gasteiger partial charge >= 0.3 is 0 Å². The zero-order valence-corrected chi connectivity index (χ0v) is 22.6. The fourth-order valence-electron chi connectivity index (χ4n) is 4.52. The van der Waals surface area contributed by atoms with E-state index in [1.54, 1.807) is 24.1 Å². The topological polar surface area (TPSA) is 74.2 Å². The van der Waals surface area contributed by atoms with Crippen molar-refractivity contribution < 1.29 is 14.3 Å². The minimum absolute atomic E-state index is 0.0793. The number of benzene rings is 3. The van der Waals surface area contributed by atoms with E-state index in [1.807, 2.05) is 67.6 Å². The van der Waals surface area contributed by atoms with E-state index < -0.39 is 5.92 Å². The number of nitrogens with zero attached hydrogens (tertiary/aromatic N) is 3. The quantitative estimate of drug-likeness (QED) is 0.351. The summed E-state index contributed by atoms with van der Waals surface area (Å²) in [5.41, 5.74) is 4.26. The van der Waals surface area contributed by atoms with Gasteiger partial charge < -0.3 is 19.9 Å². The third-order valence-corrected chi connectivity index (χ3v) is 6.95. The second-order valence-electron chi connectivity index (χ2n) is 9.28. The molecule has 7 heteroatoms. The molecule has 0 saturated heterocycles. The number of hydrogen-bond donors (Lipinski definition) is 1. The predicted molar refractivity (Wildman–Crippen MR) is 153 cm³/mol. The molecule has 3 aromatic rings. The number of likely N-dealkylation sites (N-methyl/N-ethyl adjacent to an activating group) is 1. The lowest BCUT2D eigenvalue weighted by Gasteiger charge is -2.18. The molecule has 1 unspecified atom stereocenters. The van der Waals surface area contributed by atoms with Gasteiger partial charge in [-0.2, -0.15) is 0 Å². The van der Waals surface area contributed by atoms with Crippen LogP contribution in [0.4, 0.5) is 11.4 Å². The van der Waals surface area contributed by atoms with E-state index in [-0.39, 0.29) is 11.8 Å². The van der Waals surface area contributed by atoms with E-state index in [1.165, 1.54) is 0 Å². The lowest BCUT2D eigenvalue weighted by atomic mass is 9.90. The Morgan fingerprint density at radius 2 is 1.63 bits per heavy atom. The number of fused-ring (bicyclic) bond motifs is 1. The lowest BCUT2D eigenvalue weighted by molar-refractivity contribution is -0.115. The zero-order valence-electron chi connectivity index (χ0n) is 22.6. The molecule has 2 amide bonds. The first-order chi connectivity index (χ1) is 18.4. The number of carbonyl (C=O) groups excluding carboxylic acids is 2. The Labute approximate surface area is 225 Å². The van der Waals surface area contributed by atoms with Gasteiger partial charge in [-0.25, -0.2) is 0 Å². The van der Waals surface area contributed by atoms with Crippen molar-refractivity contribution in [2.45, 2.75) is 26.7 Å². The van der Waals surface area contributed by atoms with Gasteiger partial charge in [0.25, 0.3) is 5.91 Å². The SMILES string of the molecule is CCN(CC)CCOc1ccc(N=C(c2ccccc2)C2C(=O)Nc3cc(C(=O)N(C)CC)ccc32)cc1. The predicted octanol–water partition coefficient (Wildman–Crippen LogP) is 5.36. The van der Waals surface area contributed by atoms with E-state index in [4.69, 9.17) is 9.73 Å². The van der Waals surface area contributed by atoms with E-state index in [9.17, 15) is 9.59 Å². The minimum atomic E-state index is -0.592. The zero-order chi connectivity index (χ0) is 27.1. The molecule has 3 aromatic carbocycles. The Bertz CT molecular complexity index is 1280. The molecule has 0 spiro atoms. The van der Waals surface area contributed by atoms with Crippen molar-refractivity contribution in [1.29, 1.82) is 0 Å². The summed E-state index contributed by atoms with van der Waals surface area (Å²) >= 11 is 0. The summed E-state index contributed by atoms with van der Waals surface area (Å²) in [5, 5.41) is 2.97. The lowest BCUT2D eigenvalue weighted by Crippen LogP contribution is -2.27. The van der Waals surface area contributed by atoms with Crippen molar-refractivity contribution in [2.24, 2.45) is 4.99 Å². The average Bonchev–Trinajstić information content (AvgIpc) is 3.29. The maximum absolute atomic E-state index is 13.3. The number of ether oxygens (including phenoxy) is 1. The van der Waals surface area contributed by atoms with E-state index in [0.29, 0.717) is 30.1 Å². The monoisotopic (exact) mass is 512 g/mol. The average molecular weight is 513 g/mol. The van der Waals surface area contributed by atoms with E-state index >= 15 is 0 Å². The summed E-state index contributed by atoms with van der Waals surface area (Å²) < 4.78 is 5.92. The van der Waals surface area contributed by atoms with Crippen LogP contribution in [0, 0.1) is 0 Å². The highest BCUT2D eigenvalue weighted by Crippen LogP contribution is 2.37. The fourth-order valence-corrected chi connectivity index (χ4v) is 4.52. The molecule has 1 N–H and O–H groups in total. The normalized spacial score (nSPS) is 14.8. The Balaban J connectivity index is 1.62. The van der Waals surface area contributed by atoms with Gasteiger partial charge in [0.05, 0.1) is 11.4 Å². The van der Waals surface area contributed by atoms with Crippen molar-refractivity contribution in [3.63, 3.8) is 0 Å². The third-order valence-electron chi connectivity index (χ3n) is 6.95. The van der Waals surface area contributed by atoms with Gasteiger partial charge in [-0.15, -0.1) is 0 Å². The molecule has 0 radical (unpaired) electrons. The van der Waals surface area contributed by atoms with Crippen molar-refractivity contribution in [1.82, 2.24) is 9.80 Å². The second-order valence-corrected chi connectivity index (χ2v) is 9.28. The maximum atomic E-state index is 13.3. The largest absolute Gasteiger partial charge is 0.492 e. The van der Waals surface area contributed by atoms with Gasteiger partial charge in [0, 0.05) is 31.4 Å². The van der Waals surface area contributed by atoms with Gasteiger partial charge in [0.2, 0.25) is 5.91 Å². The first kappa shape index (κ1) is 27.1. The molecule has 0 aliphatic carbocycles. The first-order valence-electron chi connectivity index (χ1n) is 13.2. The molecule has 1 aliphatic heterocycles.